The Hall–Kier alpha value is -2.44. The van der Waals surface area contributed by atoms with Gasteiger partial charge in [-0.2, -0.15) is 10.2 Å². The fraction of sp³-hybridized carbons (Fsp3) is 0.333. The number of hydrogen-bond donors (Lipinski definition) is 2. The Labute approximate surface area is 141 Å². The predicted octanol–water partition coefficient (Wildman–Crippen LogP) is 1.97. The summed E-state index contributed by atoms with van der Waals surface area (Å²) in [6.07, 6.45) is 3.73. The third kappa shape index (κ3) is 3.39. The van der Waals surface area contributed by atoms with Crippen molar-refractivity contribution in [1.29, 1.82) is 0 Å². The van der Waals surface area contributed by atoms with E-state index in [9.17, 15) is 0 Å². The fourth-order valence-corrected chi connectivity index (χ4v) is 2.92. The lowest BCUT2D eigenvalue weighted by atomic mass is 10.1. The molecular weight excluding hydrogens is 302 g/mol. The zero-order valence-corrected chi connectivity index (χ0v) is 14.1. The van der Waals surface area contributed by atoms with Gasteiger partial charge in [0.1, 0.15) is 0 Å². The average Bonchev–Trinajstić information content (AvgIpc) is 3.20. The van der Waals surface area contributed by atoms with E-state index in [1.54, 1.807) is 6.20 Å². The summed E-state index contributed by atoms with van der Waals surface area (Å²) in [4.78, 5) is 0. The van der Waals surface area contributed by atoms with Crippen LogP contribution in [0.2, 0.25) is 0 Å². The van der Waals surface area contributed by atoms with E-state index < -0.39 is 0 Å². The summed E-state index contributed by atoms with van der Waals surface area (Å²) in [5, 5.41) is 21.4. The minimum atomic E-state index is 0.103. The molecule has 3 aromatic rings. The minimum Gasteiger partial charge on any atom is -0.394 e. The van der Waals surface area contributed by atoms with Gasteiger partial charge in [-0.15, -0.1) is 0 Å². The molecular formula is C18H23N5O. The zero-order chi connectivity index (χ0) is 16.9. The topological polar surface area (TPSA) is 67.9 Å². The van der Waals surface area contributed by atoms with E-state index in [2.05, 4.69) is 27.6 Å². The molecule has 6 heteroatoms. The van der Waals surface area contributed by atoms with Crippen molar-refractivity contribution in [3.63, 3.8) is 0 Å². The lowest BCUT2D eigenvalue weighted by Gasteiger charge is -2.11. The van der Waals surface area contributed by atoms with E-state index in [1.165, 1.54) is 11.1 Å². The van der Waals surface area contributed by atoms with Crippen LogP contribution in [0.5, 0.6) is 0 Å². The van der Waals surface area contributed by atoms with Gasteiger partial charge >= 0.3 is 0 Å². The van der Waals surface area contributed by atoms with Gasteiger partial charge in [0.25, 0.3) is 0 Å². The number of para-hydroxylation sites is 1. The van der Waals surface area contributed by atoms with Crippen LogP contribution in [0.25, 0.3) is 5.69 Å². The molecule has 0 unspecified atom stereocenters. The molecule has 0 spiro atoms. The summed E-state index contributed by atoms with van der Waals surface area (Å²) in [6.45, 7) is 6.19. The second kappa shape index (κ2) is 7.42. The first-order chi connectivity index (χ1) is 11.7. The maximum Gasteiger partial charge on any atom is 0.0690 e. The quantitative estimate of drug-likeness (QED) is 0.697. The van der Waals surface area contributed by atoms with Gasteiger partial charge in [-0.3, -0.25) is 4.68 Å². The number of rotatable bonds is 7. The Morgan fingerprint density at radius 2 is 1.96 bits per heavy atom. The van der Waals surface area contributed by atoms with Crippen molar-refractivity contribution in [2.45, 2.75) is 33.5 Å². The third-order valence-corrected chi connectivity index (χ3v) is 4.20. The molecule has 3 rings (SSSR count). The molecule has 126 valence electrons. The first kappa shape index (κ1) is 16.4. The summed E-state index contributed by atoms with van der Waals surface area (Å²) < 4.78 is 3.75. The highest BCUT2D eigenvalue weighted by Crippen LogP contribution is 2.15. The predicted molar refractivity (Wildman–Crippen MR) is 92.9 cm³/mol. The summed E-state index contributed by atoms with van der Waals surface area (Å²) in [5.74, 6) is 0. The minimum absolute atomic E-state index is 0.103. The van der Waals surface area contributed by atoms with Crippen LogP contribution in [-0.4, -0.2) is 31.3 Å². The molecule has 0 fully saturated rings. The Kier molecular flexibility index (Phi) is 5.08. The lowest BCUT2D eigenvalue weighted by molar-refractivity contribution is 0.267. The van der Waals surface area contributed by atoms with Crippen LogP contribution >= 0.6 is 0 Å². The molecule has 0 aliphatic heterocycles. The Balaban J connectivity index is 1.70. The van der Waals surface area contributed by atoms with E-state index in [4.69, 9.17) is 5.11 Å². The van der Waals surface area contributed by atoms with Crippen molar-refractivity contribution in [2.75, 3.05) is 6.61 Å². The molecule has 6 nitrogen and oxygen atoms in total. The molecule has 0 radical (unpaired) electrons. The van der Waals surface area contributed by atoms with E-state index in [0.29, 0.717) is 6.54 Å². The van der Waals surface area contributed by atoms with Crippen molar-refractivity contribution < 1.29 is 5.11 Å². The number of aliphatic hydroxyl groups excluding tert-OH is 1. The van der Waals surface area contributed by atoms with Crippen LogP contribution in [-0.2, 0) is 19.6 Å². The molecule has 1 aromatic carbocycles. The summed E-state index contributed by atoms with van der Waals surface area (Å²) in [7, 11) is 0. The number of nitrogens with zero attached hydrogens (tertiary/aromatic N) is 4. The molecule has 0 aliphatic rings. The molecule has 2 heterocycles. The van der Waals surface area contributed by atoms with Crippen LogP contribution in [0.4, 0.5) is 0 Å². The van der Waals surface area contributed by atoms with Crippen molar-refractivity contribution in [2.24, 2.45) is 0 Å². The number of hydrogen-bond acceptors (Lipinski definition) is 4. The summed E-state index contributed by atoms with van der Waals surface area (Å²) in [5.41, 5.74) is 5.59. The standard InChI is InChI=1S/C18H23N5O/c1-14-17(15(2)22(21-14)10-11-24)13-19-12-16-6-3-4-7-18(16)23-9-5-8-20-23/h3-9,19,24H,10-13H2,1-2H3. The molecule has 0 atom stereocenters. The van der Waals surface area contributed by atoms with Gasteiger partial charge < -0.3 is 10.4 Å². The van der Waals surface area contributed by atoms with Gasteiger partial charge in [-0.25, -0.2) is 4.68 Å². The second-order valence-corrected chi connectivity index (χ2v) is 5.78. The van der Waals surface area contributed by atoms with Crippen LogP contribution < -0.4 is 5.32 Å². The molecule has 0 saturated carbocycles. The van der Waals surface area contributed by atoms with E-state index in [-0.39, 0.29) is 6.61 Å². The third-order valence-electron chi connectivity index (χ3n) is 4.20. The van der Waals surface area contributed by atoms with Gasteiger partial charge in [0.05, 0.1) is 24.5 Å². The Morgan fingerprint density at radius 3 is 2.71 bits per heavy atom. The first-order valence-electron chi connectivity index (χ1n) is 8.13. The smallest absolute Gasteiger partial charge is 0.0690 e. The highest BCUT2D eigenvalue weighted by molar-refractivity contribution is 5.40. The summed E-state index contributed by atoms with van der Waals surface area (Å²) in [6, 6.07) is 10.2. The lowest BCUT2D eigenvalue weighted by Crippen LogP contribution is -2.16. The second-order valence-electron chi connectivity index (χ2n) is 5.78. The van der Waals surface area contributed by atoms with E-state index in [1.807, 2.05) is 47.6 Å². The first-order valence-corrected chi connectivity index (χ1v) is 8.13. The molecule has 24 heavy (non-hydrogen) atoms. The maximum absolute atomic E-state index is 9.11. The largest absolute Gasteiger partial charge is 0.394 e. The Bertz CT molecular complexity index is 792. The van der Waals surface area contributed by atoms with Crippen molar-refractivity contribution in [1.82, 2.24) is 24.9 Å². The van der Waals surface area contributed by atoms with Gasteiger partial charge in [-0.05, 0) is 31.5 Å². The normalized spacial score (nSPS) is 11.1. The van der Waals surface area contributed by atoms with Crippen LogP contribution in [0.1, 0.15) is 22.5 Å². The SMILES string of the molecule is Cc1nn(CCO)c(C)c1CNCc1ccccc1-n1cccn1. The van der Waals surface area contributed by atoms with Gasteiger partial charge in [-0.1, -0.05) is 18.2 Å². The van der Waals surface area contributed by atoms with E-state index in [0.717, 1.165) is 30.2 Å². The number of aromatic nitrogens is 4. The average molecular weight is 325 g/mol. The maximum atomic E-state index is 9.11. The molecule has 0 bridgehead atoms. The van der Waals surface area contributed by atoms with Crippen molar-refractivity contribution >= 4 is 0 Å². The number of aryl methyl sites for hydroxylation is 1. The van der Waals surface area contributed by atoms with Crippen LogP contribution in [0.15, 0.2) is 42.7 Å². The molecule has 0 saturated heterocycles. The fourth-order valence-electron chi connectivity index (χ4n) is 2.92. The highest BCUT2D eigenvalue weighted by atomic mass is 16.3. The number of nitrogens with one attached hydrogen (secondary N) is 1. The Morgan fingerprint density at radius 1 is 1.12 bits per heavy atom. The monoisotopic (exact) mass is 325 g/mol. The highest BCUT2D eigenvalue weighted by Gasteiger charge is 2.11. The van der Waals surface area contributed by atoms with Gasteiger partial charge in [0.15, 0.2) is 0 Å². The summed E-state index contributed by atoms with van der Waals surface area (Å²) >= 11 is 0. The number of benzene rings is 1. The molecule has 0 amide bonds. The molecule has 0 aliphatic carbocycles. The molecule has 2 N–H and O–H groups in total. The molecule has 2 aromatic heterocycles. The van der Waals surface area contributed by atoms with E-state index >= 15 is 0 Å². The van der Waals surface area contributed by atoms with Gasteiger partial charge in [0.2, 0.25) is 0 Å². The van der Waals surface area contributed by atoms with Crippen LogP contribution in [0.3, 0.4) is 0 Å². The van der Waals surface area contributed by atoms with Gasteiger partial charge in [0, 0.05) is 36.7 Å². The number of aliphatic hydroxyl groups is 1. The van der Waals surface area contributed by atoms with Crippen molar-refractivity contribution in [3.05, 3.63) is 65.2 Å². The van der Waals surface area contributed by atoms with Crippen molar-refractivity contribution in [3.8, 4) is 5.69 Å². The zero-order valence-electron chi connectivity index (χ0n) is 14.1. The van der Waals surface area contributed by atoms with Crippen LogP contribution in [0, 0.1) is 13.8 Å².